The quantitative estimate of drug-likeness (QED) is 0.491. The van der Waals surface area contributed by atoms with E-state index in [9.17, 15) is 9.59 Å². The third-order valence-corrected chi connectivity index (χ3v) is 3.42. The minimum atomic E-state index is -0.925. The Hall–Kier alpha value is -2.08. The van der Waals surface area contributed by atoms with Crippen LogP contribution in [0.25, 0.3) is 0 Å². The Bertz CT molecular complexity index is 778. The van der Waals surface area contributed by atoms with Crippen LogP contribution in [0, 0.1) is 0 Å². The zero-order valence-corrected chi connectivity index (χ0v) is 13.8. The molecule has 0 radical (unpaired) electrons. The lowest BCUT2D eigenvalue weighted by molar-refractivity contribution is -0.136. The maximum atomic E-state index is 11.7. The van der Waals surface area contributed by atoms with Crippen LogP contribution >= 0.6 is 34.8 Å². The Kier molecular flexibility index (Phi) is 5.98. The molecule has 0 saturated carbocycles. The summed E-state index contributed by atoms with van der Waals surface area (Å²) in [5, 5.41) is 7.37. The highest BCUT2D eigenvalue weighted by Crippen LogP contribution is 2.19. The first-order valence-corrected chi connectivity index (χ1v) is 7.44. The van der Waals surface area contributed by atoms with E-state index in [2.05, 4.69) is 15.8 Å². The van der Waals surface area contributed by atoms with Crippen molar-refractivity contribution < 1.29 is 9.59 Å². The first kappa shape index (κ1) is 17.3. The molecule has 5 nitrogen and oxygen atoms in total. The number of halogens is 3. The van der Waals surface area contributed by atoms with Crippen LogP contribution in [0.15, 0.2) is 47.6 Å². The summed E-state index contributed by atoms with van der Waals surface area (Å²) in [6.07, 6.45) is 1.31. The molecule has 0 bridgehead atoms. The zero-order chi connectivity index (χ0) is 16.8. The van der Waals surface area contributed by atoms with Gasteiger partial charge in [0.15, 0.2) is 0 Å². The van der Waals surface area contributed by atoms with Crippen molar-refractivity contribution >= 4 is 58.5 Å². The number of nitrogens with one attached hydrogen (secondary N) is 2. The number of hydrazone groups is 1. The van der Waals surface area contributed by atoms with Gasteiger partial charge in [0, 0.05) is 21.3 Å². The van der Waals surface area contributed by atoms with Gasteiger partial charge in [-0.25, -0.2) is 5.43 Å². The van der Waals surface area contributed by atoms with Crippen molar-refractivity contribution in [2.45, 2.75) is 0 Å². The van der Waals surface area contributed by atoms with Gasteiger partial charge >= 0.3 is 11.8 Å². The Morgan fingerprint density at radius 2 is 1.70 bits per heavy atom. The molecule has 8 heteroatoms. The van der Waals surface area contributed by atoms with E-state index in [0.717, 1.165) is 0 Å². The van der Waals surface area contributed by atoms with Crippen LogP contribution in [-0.4, -0.2) is 18.0 Å². The van der Waals surface area contributed by atoms with E-state index in [1.54, 1.807) is 30.3 Å². The number of hydrogen-bond acceptors (Lipinski definition) is 3. The third-order valence-electron chi connectivity index (χ3n) is 2.62. The first-order chi connectivity index (χ1) is 11.0. The van der Waals surface area contributed by atoms with Crippen LogP contribution in [0.1, 0.15) is 5.56 Å². The number of carbonyl (C=O) groups is 2. The maximum Gasteiger partial charge on any atom is 0.329 e. The normalized spacial score (nSPS) is 10.6. The van der Waals surface area contributed by atoms with Gasteiger partial charge in [-0.3, -0.25) is 9.59 Å². The van der Waals surface area contributed by atoms with E-state index in [0.29, 0.717) is 26.3 Å². The van der Waals surface area contributed by atoms with Crippen molar-refractivity contribution in [3.8, 4) is 0 Å². The second-order valence-corrected chi connectivity index (χ2v) is 5.61. The molecule has 2 aromatic rings. The molecule has 0 aliphatic carbocycles. The smallest absolute Gasteiger partial charge is 0.318 e. The number of hydrogen-bond donors (Lipinski definition) is 2. The predicted molar refractivity (Wildman–Crippen MR) is 92.3 cm³/mol. The van der Waals surface area contributed by atoms with Crippen LogP contribution < -0.4 is 10.7 Å². The van der Waals surface area contributed by atoms with E-state index < -0.39 is 11.8 Å². The fourth-order valence-electron chi connectivity index (χ4n) is 1.57. The summed E-state index contributed by atoms with van der Waals surface area (Å²) in [6, 6.07) is 11.2. The minimum absolute atomic E-state index is 0.374. The maximum absolute atomic E-state index is 11.7. The van der Waals surface area contributed by atoms with Gasteiger partial charge in [0.05, 0.1) is 11.2 Å². The lowest BCUT2D eigenvalue weighted by Gasteiger charge is -2.04. The molecule has 118 valence electrons. The van der Waals surface area contributed by atoms with Gasteiger partial charge in [0.2, 0.25) is 0 Å². The van der Waals surface area contributed by atoms with Crippen molar-refractivity contribution in [2.24, 2.45) is 5.10 Å². The highest BCUT2D eigenvalue weighted by atomic mass is 35.5. The molecule has 23 heavy (non-hydrogen) atoms. The number of anilines is 1. The highest BCUT2D eigenvalue weighted by molar-refractivity contribution is 6.40. The first-order valence-electron chi connectivity index (χ1n) is 6.31. The minimum Gasteiger partial charge on any atom is -0.318 e. The van der Waals surface area contributed by atoms with Gasteiger partial charge in [0.1, 0.15) is 0 Å². The van der Waals surface area contributed by atoms with Crippen LogP contribution in [0.5, 0.6) is 0 Å². The number of nitrogens with zero attached hydrogens (tertiary/aromatic N) is 1. The van der Waals surface area contributed by atoms with Gasteiger partial charge in [-0.05, 0) is 30.3 Å². The molecule has 0 atom stereocenters. The van der Waals surface area contributed by atoms with E-state index in [-0.39, 0.29) is 0 Å². The van der Waals surface area contributed by atoms with Crippen LogP contribution in [0.2, 0.25) is 15.1 Å². The molecule has 2 rings (SSSR count). The second kappa shape index (κ2) is 7.97. The van der Waals surface area contributed by atoms with Crippen molar-refractivity contribution in [2.75, 3.05) is 5.32 Å². The Morgan fingerprint density at radius 3 is 2.39 bits per heavy atom. The second-order valence-electron chi connectivity index (χ2n) is 4.33. The van der Waals surface area contributed by atoms with Crippen LogP contribution in [0.3, 0.4) is 0 Å². The third kappa shape index (κ3) is 5.25. The molecule has 0 aromatic heterocycles. The number of rotatable bonds is 3. The number of amides is 2. The Labute approximate surface area is 147 Å². The molecule has 0 heterocycles. The molecule has 2 aromatic carbocycles. The lowest BCUT2D eigenvalue weighted by atomic mass is 10.2. The molecule has 0 aliphatic heterocycles. The SMILES string of the molecule is O=C(NN=Cc1ccc(Cl)cc1Cl)C(=O)Nc1cccc(Cl)c1. The van der Waals surface area contributed by atoms with Gasteiger partial charge in [-0.2, -0.15) is 5.10 Å². The molecule has 2 N–H and O–H groups in total. The molecular weight excluding hydrogens is 361 g/mol. The molecule has 0 fully saturated rings. The zero-order valence-electron chi connectivity index (χ0n) is 11.5. The van der Waals surface area contributed by atoms with Gasteiger partial charge in [-0.1, -0.05) is 46.9 Å². The fraction of sp³-hybridized carbons (Fsp3) is 0. The Morgan fingerprint density at radius 1 is 0.957 bits per heavy atom. The van der Waals surface area contributed by atoms with Crippen molar-refractivity contribution in [3.63, 3.8) is 0 Å². The molecule has 2 amide bonds. The van der Waals surface area contributed by atoms with Crippen molar-refractivity contribution in [1.29, 1.82) is 0 Å². The van der Waals surface area contributed by atoms with Gasteiger partial charge in [0.25, 0.3) is 0 Å². The molecule has 0 saturated heterocycles. The molecular formula is C15H10Cl3N3O2. The summed E-state index contributed by atoms with van der Waals surface area (Å²) in [5.74, 6) is -1.79. The standard InChI is InChI=1S/C15H10Cl3N3O2/c16-10-2-1-3-12(6-10)20-14(22)15(23)21-19-8-9-4-5-11(17)7-13(9)18/h1-8H,(H,20,22)(H,21,23). The van der Waals surface area contributed by atoms with Crippen molar-refractivity contribution in [3.05, 3.63) is 63.1 Å². The highest BCUT2D eigenvalue weighted by Gasteiger charge is 2.12. The summed E-state index contributed by atoms with van der Waals surface area (Å²) in [6.45, 7) is 0. The largest absolute Gasteiger partial charge is 0.329 e. The van der Waals surface area contributed by atoms with Crippen LogP contribution in [0.4, 0.5) is 5.69 Å². The number of benzene rings is 2. The molecule has 0 unspecified atom stereocenters. The molecule has 0 spiro atoms. The van der Waals surface area contributed by atoms with Crippen LogP contribution in [-0.2, 0) is 9.59 Å². The topological polar surface area (TPSA) is 70.6 Å². The monoisotopic (exact) mass is 369 g/mol. The van der Waals surface area contributed by atoms with Crippen molar-refractivity contribution in [1.82, 2.24) is 5.43 Å². The Balaban J connectivity index is 1.93. The average molecular weight is 371 g/mol. The van der Waals surface area contributed by atoms with E-state index >= 15 is 0 Å². The summed E-state index contributed by atoms with van der Waals surface area (Å²) in [7, 11) is 0. The lowest BCUT2D eigenvalue weighted by Crippen LogP contribution is -2.32. The molecule has 0 aliphatic rings. The number of carbonyl (C=O) groups excluding carboxylic acids is 2. The van der Waals surface area contributed by atoms with E-state index in [4.69, 9.17) is 34.8 Å². The van der Waals surface area contributed by atoms with Gasteiger partial charge in [-0.15, -0.1) is 0 Å². The fourth-order valence-corrected chi connectivity index (χ4v) is 2.22. The van der Waals surface area contributed by atoms with Gasteiger partial charge < -0.3 is 5.32 Å². The van der Waals surface area contributed by atoms with E-state index in [1.807, 2.05) is 0 Å². The summed E-state index contributed by atoms with van der Waals surface area (Å²) in [5.41, 5.74) is 3.05. The average Bonchev–Trinajstić information content (AvgIpc) is 2.49. The summed E-state index contributed by atoms with van der Waals surface area (Å²) >= 11 is 17.5. The predicted octanol–water partition coefficient (Wildman–Crippen LogP) is 3.74. The summed E-state index contributed by atoms with van der Waals surface area (Å²) in [4.78, 5) is 23.3. The summed E-state index contributed by atoms with van der Waals surface area (Å²) < 4.78 is 0. The van der Waals surface area contributed by atoms with E-state index in [1.165, 1.54) is 18.3 Å².